The lowest BCUT2D eigenvalue weighted by atomic mass is 10.1. The van der Waals surface area contributed by atoms with Crippen molar-refractivity contribution in [2.45, 2.75) is 32.9 Å². The Kier molecular flexibility index (Phi) is 5.73. The first-order chi connectivity index (χ1) is 10.6. The Morgan fingerprint density at radius 1 is 1.05 bits per heavy atom. The summed E-state index contributed by atoms with van der Waals surface area (Å²) in [6.45, 7) is 4.93. The van der Waals surface area contributed by atoms with Crippen LogP contribution in [0.2, 0.25) is 0 Å². The molecule has 2 aromatic rings. The van der Waals surface area contributed by atoms with Crippen molar-refractivity contribution in [3.63, 3.8) is 0 Å². The standard InChI is InChI=1S/C19H24N2O/c1-4-16-10-12-18(13-11-16)20-19(22)15(2)21(3)14-17-8-6-5-7-9-17/h5-13,15H,4,14H2,1-3H3,(H,20,22)/p+1/t15-/m1/s1. The largest absolute Gasteiger partial charge is 0.324 e. The highest BCUT2D eigenvalue weighted by molar-refractivity contribution is 5.93. The molecule has 1 unspecified atom stereocenters. The van der Waals surface area contributed by atoms with E-state index in [0.717, 1.165) is 18.7 Å². The van der Waals surface area contributed by atoms with Crippen molar-refractivity contribution in [2.24, 2.45) is 0 Å². The van der Waals surface area contributed by atoms with Gasteiger partial charge in [0.15, 0.2) is 6.04 Å². The summed E-state index contributed by atoms with van der Waals surface area (Å²) in [7, 11) is 2.05. The molecule has 0 aliphatic carbocycles. The van der Waals surface area contributed by atoms with E-state index in [4.69, 9.17) is 0 Å². The summed E-state index contributed by atoms with van der Waals surface area (Å²) < 4.78 is 0. The van der Waals surface area contributed by atoms with Crippen LogP contribution in [0.25, 0.3) is 0 Å². The number of carbonyl (C=O) groups is 1. The third-order valence-electron chi connectivity index (χ3n) is 4.09. The topological polar surface area (TPSA) is 33.5 Å². The quantitative estimate of drug-likeness (QED) is 0.843. The van der Waals surface area contributed by atoms with E-state index in [0.29, 0.717) is 0 Å². The fourth-order valence-corrected chi connectivity index (χ4v) is 2.37. The zero-order chi connectivity index (χ0) is 15.9. The number of quaternary nitrogens is 1. The smallest absolute Gasteiger partial charge is 0.282 e. The average Bonchev–Trinajstić information content (AvgIpc) is 2.55. The third-order valence-corrected chi connectivity index (χ3v) is 4.09. The summed E-state index contributed by atoms with van der Waals surface area (Å²) >= 11 is 0. The number of hydrogen-bond donors (Lipinski definition) is 2. The molecule has 3 heteroatoms. The minimum Gasteiger partial charge on any atom is -0.324 e. The van der Waals surface area contributed by atoms with Crippen LogP contribution in [0.4, 0.5) is 5.69 Å². The van der Waals surface area contributed by atoms with Crippen molar-refractivity contribution in [1.82, 2.24) is 0 Å². The SMILES string of the molecule is CCc1ccc(NC(=O)[C@@H](C)[NH+](C)Cc2ccccc2)cc1. The highest BCUT2D eigenvalue weighted by atomic mass is 16.2. The molecule has 0 bridgehead atoms. The van der Waals surface area contributed by atoms with Crippen LogP contribution in [-0.2, 0) is 17.8 Å². The van der Waals surface area contributed by atoms with Gasteiger partial charge in [0, 0.05) is 11.3 Å². The van der Waals surface area contributed by atoms with E-state index in [9.17, 15) is 4.79 Å². The highest BCUT2D eigenvalue weighted by Gasteiger charge is 2.21. The minimum atomic E-state index is -0.106. The molecule has 1 amide bonds. The molecule has 0 heterocycles. The lowest BCUT2D eigenvalue weighted by Crippen LogP contribution is -3.12. The van der Waals surface area contributed by atoms with E-state index in [2.05, 4.69) is 43.6 Å². The van der Waals surface area contributed by atoms with Crippen molar-refractivity contribution < 1.29 is 9.69 Å². The zero-order valence-corrected chi connectivity index (χ0v) is 13.6. The van der Waals surface area contributed by atoms with E-state index in [1.807, 2.05) is 37.3 Å². The second kappa shape index (κ2) is 7.76. The maximum atomic E-state index is 12.4. The van der Waals surface area contributed by atoms with E-state index >= 15 is 0 Å². The predicted octanol–water partition coefficient (Wildman–Crippen LogP) is 2.29. The molecular formula is C19H25N2O+. The van der Waals surface area contributed by atoms with Gasteiger partial charge in [-0.25, -0.2) is 0 Å². The van der Waals surface area contributed by atoms with Gasteiger partial charge in [0.2, 0.25) is 0 Å². The molecule has 116 valence electrons. The number of aryl methyl sites for hydroxylation is 1. The number of nitrogens with one attached hydrogen (secondary N) is 2. The van der Waals surface area contributed by atoms with Crippen LogP contribution in [0.5, 0.6) is 0 Å². The van der Waals surface area contributed by atoms with E-state index in [1.165, 1.54) is 16.0 Å². The average molecular weight is 297 g/mol. The van der Waals surface area contributed by atoms with Gasteiger partial charge in [-0.05, 0) is 31.0 Å². The number of anilines is 1. The molecular weight excluding hydrogens is 272 g/mol. The molecule has 22 heavy (non-hydrogen) atoms. The first-order valence-electron chi connectivity index (χ1n) is 7.86. The van der Waals surface area contributed by atoms with Gasteiger partial charge >= 0.3 is 0 Å². The number of benzene rings is 2. The fourth-order valence-electron chi connectivity index (χ4n) is 2.37. The summed E-state index contributed by atoms with van der Waals surface area (Å²) in [5.74, 6) is 0.0534. The Morgan fingerprint density at radius 2 is 1.68 bits per heavy atom. The minimum absolute atomic E-state index is 0.0534. The number of likely N-dealkylation sites (N-methyl/N-ethyl adjacent to an activating group) is 1. The van der Waals surface area contributed by atoms with E-state index < -0.39 is 0 Å². The molecule has 0 saturated heterocycles. The molecule has 0 fully saturated rings. The monoisotopic (exact) mass is 297 g/mol. The predicted molar refractivity (Wildman–Crippen MR) is 90.9 cm³/mol. The van der Waals surface area contributed by atoms with Gasteiger partial charge in [0.25, 0.3) is 5.91 Å². The van der Waals surface area contributed by atoms with Crippen molar-refractivity contribution in [1.29, 1.82) is 0 Å². The van der Waals surface area contributed by atoms with Gasteiger partial charge in [-0.1, -0.05) is 49.4 Å². The number of amides is 1. The molecule has 0 aliphatic heterocycles. The Balaban J connectivity index is 1.93. The highest BCUT2D eigenvalue weighted by Crippen LogP contribution is 2.10. The number of carbonyl (C=O) groups excluding carboxylic acids is 1. The molecule has 2 rings (SSSR count). The molecule has 2 atom stereocenters. The number of rotatable bonds is 6. The summed E-state index contributed by atoms with van der Waals surface area (Å²) in [4.78, 5) is 13.5. The Bertz CT molecular complexity index is 593. The van der Waals surface area contributed by atoms with E-state index in [-0.39, 0.29) is 11.9 Å². The first-order valence-corrected chi connectivity index (χ1v) is 7.86. The first kappa shape index (κ1) is 16.2. The van der Waals surface area contributed by atoms with Gasteiger partial charge < -0.3 is 10.2 Å². The van der Waals surface area contributed by atoms with Crippen molar-refractivity contribution in [2.75, 3.05) is 12.4 Å². The fraction of sp³-hybridized carbons (Fsp3) is 0.316. The zero-order valence-electron chi connectivity index (χ0n) is 13.6. The van der Waals surface area contributed by atoms with Crippen molar-refractivity contribution in [3.8, 4) is 0 Å². The maximum absolute atomic E-state index is 12.4. The second-order valence-corrected chi connectivity index (χ2v) is 5.77. The van der Waals surface area contributed by atoms with Gasteiger partial charge in [0.1, 0.15) is 6.54 Å². The van der Waals surface area contributed by atoms with Crippen LogP contribution in [0, 0.1) is 0 Å². The van der Waals surface area contributed by atoms with Crippen LogP contribution >= 0.6 is 0 Å². The number of hydrogen-bond acceptors (Lipinski definition) is 1. The summed E-state index contributed by atoms with van der Waals surface area (Å²) in [5.41, 5.74) is 3.38. The molecule has 0 radical (unpaired) electrons. The van der Waals surface area contributed by atoms with E-state index in [1.54, 1.807) is 0 Å². The van der Waals surface area contributed by atoms with Crippen LogP contribution < -0.4 is 10.2 Å². The van der Waals surface area contributed by atoms with Gasteiger partial charge in [-0.2, -0.15) is 0 Å². The molecule has 2 aromatic carbocycles. The lowest BCUT2D eigenvalue weighted by Gasteiger charge is -2.21. The lowest BCUT2D eigenvalue weighted by molar-refractivity contribution is -0.907. The Labute approximate surface area is 133 Å². The second-order valence-electron chi connectivity index (χ2n) is 5.77. The van der Waals surface area contributed by atoms with Crippen LogP contribution in [0.15, 0.2) is 54.6 Å². The normalized spacial score (nSPS) is 13.4. The van der Waals surface area contributed by atoms with Crippen molar-refractivity contribution in [3.05, 3.63) is 65.7 Å². The maximum Gasteiger partial charge on any atom is 0.282 e. The van der Waals surface area contributed by atoms with Crippen LogP contribution in [-0.4, -0.2) is 19.0 Å². The molecule has 0 saturated carbocycles. The molecule has 0 aromatic heterocycles. The van der Waals surface area contributed by atoms with Crippen molar-refractivity contribution >= 4 is 11.6 Å². The van der Waals surface area contributed by atoms with Crippen LogP contribution in [0.1, 0.15) is 25.0 Å². The third kappa shape index (κ3) is 4.43. The Morgan fingerprint density at radius 3 is 2.27 bits per heavy atom. The van der Waals surface area contributed by atoms with Gasteiger partial charge in [-0.15, -0.1) is 0 Å². The molecule has 0 aliphatic rings. The molecule has 3 nitrogen and oxygen atoms in total. The Hall–Kier alpha value is -2.13. The summed E-state index contributed by atoms with van der Waals surface area (Å²) in [6, 6.07) is 18.2. The van der Waals surface area contributed by atoms with Gasteiger partial charge in [0.05, 0.1) is 7.05 Å². The molecule has 2 N–H and O–H groups in total. The summed E-state index contributed by atoms with van der Waals surface area (Å²) in [5, 5.41) is 3.00. The molecule has 0 spiro atoms. The van der Waals surface area contributed by atoms with Gasteiger partial charge in [-0.3, -0.25) is 4.79 Å². The summed E-state index contributed by atoms with van der Waals surface area (Å²) in [6.07, 6.45) is 1.01. The van der Waals surface area contributed by atoms with Crippen LogP contribution in [0.3, 0.4) is 0 Å².